The molecule has 1 fully saturated rings. The maximum absolute atomic E-state index is 12.0. The average Bonchev–Trinajstić information content (AvgIpc) is 2.81. The Balaban J connectivity index is 2.60. The number of rotatable bonds is 5. The first kappa shape index (κ1) is 12.4. The fraction of sp³-hybridized carbons (Fsp3) is 0.818. The standard InChI is InChI=1S/C11H20N2OS/c1-4-5-10(2,3)13-9(14)11(6-7-11)8(12)15/h4-7H2,1-3H3,(H2,12,15)(H,13,14). The van der Waals surface area contributed by atoms with Crippen LogP contribution in [0.2, 0.25) is 0 Å². The zero-order valence-corrected chi connectivity index (χ0v) is 10.5. The van der Waals surface area contributed by atoms with Gasteiger partial charge in [-0.05, 0) is 33.1 Å². The van der Waals surface area contributed by atoms with Crippen LogP contribution in [0, 0.1) is 5.41 Å². The molecule has 86 valence electrons. The predicted molar refractivity (Wildman–Crippen MR) is 65.6 cm³/mol. The molecule has 3 nitrogen and oxygen atoms in total. The summed E-state index contributed by atoms with van der Waals surface area (Å²) in [6, 6.07) is 0. The van der Waals surface area contributed by atoms with E-state index in [0.29, 0.717) is 4.99 Å². The molecule has 1 amide bonds. The number of carbonyl (C=O) groups is 1. The maximum atomic E-state index is 12.0. The molecule has 4 heteroatoms. The van der Waals surface area contributed by atoms with Crippen molar-refractivity contribution in [3.63, 3.8) is 0 Å². The van der Waals surface area contributed by atoms with E-state index in [1.54, 1.807) is 0 Å². The van der Waals surface area contributed by atoms with Crippen molar-refractivity contribution in [2.24, 2.45) is 11.1 Å². The molecule has 0 radical (unpaired) electrons. The summed E-state index contributed by atoms with van der Waals surface area (Å²) in [5.41, 5.74) is 4.91. The van der Waals surface area contributed by atoms with Crippen LogP contribution in [0.4, 0.5) is 0 Å². The van der Waals surface area contributed by atoms with Gasteiger partial charge in [0.1, 0.15) is 0 Å². The second-order valence-corrected chi connectivity index (χ2v) is 5.47. The van der Waals surface area contributed by atoms with Crippen LogP contribution < -0.4 is 11.1 Å². The van der Waals surface area contributed by atoms with Gasteiger partial charge >= 0.3 is 0 Å². The summed E-state index contributed by atoms with van der Waals surface area (Å²) < 4.78 is 0. The fourth-order valence-electron chi connectivity index (χ4n) is 1.82. The Bertz CT molecular complexity index is 282. The molecule has 15 heavy (non-hydrogen) atoms. The number of nitrogens with one attached hydrogen (secondary N) is 1. The van der Waals surface area contributed by atoms with Crippen molar-refractivity contribution < 1.29 is 4.79 Å². The second-order valence-electron chi connectivity index (χ2n) is 5.03. The van der Waals surface area contributed by atoms with Gasteiger partial charge in [0.05, 0.1) is 10.4 Å². The molecule has 1 rings (SSSR count). The molecule has 0 heterocycles. The predicted octanol–water partition coefficient (Wildman–Crippen LogP) is 1.75. The summed E-state index contributed by atoms with van der Waals surface area (Å²) in [5, 5.41) is 3.03. The Morgan fingerprint density at radius 3 is 2.40 bits per heavy atom. The van der Waals surface area contributed by atoms with E-state index in [2.05, 4.69) is 12.2 Å². The van der Waals surface area contributed by atoms with E-state index >= 15 is 0 Å². The highest BCUT2D eigenvalue weighted by atomic mass is 32.1. The van der Waals surface area contributed by atoms with Gasteiger partial charge < -0.3 is 11.1 Å². The number of nitrogens with two attached hydrogens (primary N) is 1. The first-order valence-corrected chi connectivity index (χ1v) is 5.87. The van der Waals surface area contributed by atoms with E-state index in [9.17, 15) is 4.79 Å². The Labute approximate surface area is 96.8 Å². The third-order valence-electron chi connectivity index (χ3n) is 2.98. The van der Waals surface area contributed by atoms with Crippen molar-refractivity contribution in [2.75, 3.05) is 0 Å². The lowest BCUT2D eigenvalue weighted by molar-refractivity contribution is -0.125. The molecule has 0 aromatic heterocycles. The van der Waals surface area contributed by atoms with Crippen molar-refractivity contribution in [2.45, 2.75) is 52.0 Å². The molecular formula is C11H20N2OS. The van der Waals surface area contributed by atoms with Gasteiger partial charge in [-0.3, -0.25) is 4.79 Å². The number of amides is 1. The lowest BCUT2D eigenvalue weighted by Gasteiger charge is -2.28. The monoisotopic (exact) mass is 228 g/mol. The molecule has 0 saturated heterocycles. The normalized spacial score (nSPS) is 18.3. The topological polar surface area (TPSA) is 55.1 Å². The molecule has 0 aromatic carbocycles. The van der Waals surface area contributed by atoms with Gasteiger partial charge in [-0.2, -0.15) is 0 Å². The zero-order valence-electron chi connectivity index (χ0n) is 9.72. The van der Waals surface area contributed by atoms with Crippen molar-refractivity contribution in [1.29, 1.82) is 0 Å². The lowest BCUT2D eigenvalue weighted by atomic mass is 9.96. The van der Waals surface area contributed by atoms with Gasteiger partial charge in [0, 0.05) is 5.54 Å². The fourth-order valence-corrected chi connectivity index (χ4v) is 2.12. The van der Waals surface area contributed by atoms with E-state index in [1.807, 2.05) is 13.8 Å². The Hall–Kier alpha value is -0.640. The number of carbonyl (C=O) groups excluding carboxylic acids is 1. The second kappa shape index (κ2) is 4.08. The minimum absolute atomic E-state index is 0.00782. The highest BCUT2D eigenvalue weighted by Gasteiger charge is 2.53. The summed E-state index contributed by atoms with van der Waals surface area (Å²) in [6.07, 6.45) is 3.62. The Morgan fingerprint density at radius 1 is 1.53 bits per heavy atom. The van der Waals surface area contributed by atoms with Gasteiger partial charge in [-0.25, -0.2) is 0 Å². The summed E-state index contributed by atoms with van der Waals surface area (Å²) >= 11 is 4.94. The van der Waals surface area contributed by atoms with E-state index in [1.165, 1.54) is 0 Å². The summed E-state index contributed by atoms with van der Waals surface area (Å²) in [6.45, 7) is 6.17. The third kappa shape index (κ3) is 2.68. The number of hydrogen-bond acceptors (Lipinski definition) is 2. The highest BCUT2D eigenvalue weighted by Crippen LogP contribution is 2.46. The largest absolute Gasteiger partial charge is 0.392 e. The molecule has 0 unspecified atom stereocenters. The number of thiocarbonyl (C=S) groups is 1. The van der Waals surface area contributed by atoms with Crippen molar-refractivity contribution in [1.82, 2.24) is 5.32 Å². The molecule has 0 aliphatic heterocycles. The minimum Gasteiger partial charge on any atom is -0.392 e. The van der Waals surface area contributed by atoms with Gasteiger partial charge in [-0.15, -0.1) is 0 Å². The SMILES string of the molecule is CCCC(C)(C)NC(=O)C1(C(N)=S)CC1. The molecular weight excluding hydrogens is 208 g/mol. The maximum Gasteiger partial charge on any atom is 0.233 e. The van der Waals surface area contributed by atoms with Crippen LogP contribution >= 0.6 is 12.2 Å². The third-order valence-corrected chi connectivity index (χ3v) is 3.37. The minimum atomic E-state index is -0.527. The quantitative estimate of drug-likeness (QED) is 0.705. The molecule has 0 atom stereocenters. The zero-order chi connectivity index (χ0) is 11.7. The van der Waals surface area contributed by atoms with Crippen LogP contribution in [0.25, 0.3) is 0 Å². The Kier molecular flexibility index (Phi) is 3.38. The average molecular weight is 228 g/mol. The van der Waals surface area contributed by atoms with E-state index in [-0.39, 0.29) is 11.4 Å². The molecule has 0 spiro atoms. The van der Waals surface area contributed by atoms with Crippen molar-refractivity contribution in [3.05, 3.63) is 0 Å². The van der Waals surface area contributed by atoms with Crippen LogP contribution in [0.5, 0.6) is 0 Å². The van der Waals surface area contributed by atoms with Gasteiger partial charge in [0.25, 0.3) is 0 Å². The van der Waals surface area contributed by atoms with Crippen molar-refractivity contribution >= 4 is 23.1 Å². The molecule has 1 aliphatic carbocycles. The van der Waals surface area contributed by atoms with Gasteiger partial charge in [0.2, 0.25) is 5.91 Å². The highest BCUT2D eigenvalue weighted by molar-refractivity contribution is 7.80. The molecule has 3 N–H and O–H groups in total. The molecule has 1 aliphatic rings. The molecule has 1 saturated carbocycles. The molecule has 0 aromatic rings. The lowest BCUT2D eigenvalue weighted by Crippen LogP contribution is -2.49. The molecule has 0 bridgehead atoms. The number of hydrogen-bond donors (Lipinski definition) is 2. The van der Waals surface area contributed by atoms with Crippen LogP contribution in [0.15, 0.2) is 0 Å². The van der Waals surface area contributed by atoms with Crippen LogP contribution in [-0.2, 0) is 4.79 Å². The van der Waals surface area contributed by atoms with Crippen molar-refractivity contribution in [3.8, 4) is 0 Å². The van der Waals surface area contributed by atoms with Crippen LogP contribution in [0.3, 0.4) is 0 Å². The van der Waals surface area contributed by atoms with E-state index < -0.39 is 5.41 Å². The summed E-state index contributed by atoms with van der Waals surface area (Å²) in [4.78, 5) is 12.3. The first-order valence-electron chi connectivity index (χ1n) is 5.46. The summed E-state index contributed by atoms with van der Waals surface area (Å²) in [7, 11) is 0. The van der Waals surface area contributed by atoms with Gasteiger partial charge in [0.15, 0.2) is 0 Å². The van der Waals surface area contributed by atoms with E-state index in [4.69, 9.17) is 18.0 Å². The van der Waals surface area contributed by atoms with Gasteiger partial charge in [-0.1, -0.05) is 25.6 Å². The Morgan fingerprint density at radius 2 is 2.07 bits per heavy atom. The van der Waals surface area contributed by atoms with Crippen LogP contribution in [-0.4, -0.2) is 16.4 Å². The van der Waals surface area contributed by atoms with E-state index in [0.717, 1.165) is 25.7 Å². The smallest absolute Gasteiger partial charge is 0.233 e. The van der Waals surface area contributed by atoms with Crippen LogP contribution in [0.1, 0.15) is 46.5 Å². The summed E-state index contributed by atoms with van der Waals surface area (Å²) in [5.74, 6) is 0.00782. The first-order chi connectivity index (χ1) is 6.84.